The zero-order valence-electron chi connectivity index (χ0n) is 9.45. The van der Waals surface area contributed by atoms with Crippen LogP contribution in [0.2, 0.25) is 0 Å². The van der Waals surface area contributed by atoms with Crippen LogP contribution in [0.1, 0.15) is 41.6 Å². The quantitative estimate of drug-likeness (QED) is 0.855. The van der Waals surface area contributed by atoms with Gasteiger partial charge in [-0.2, -0.15) is 0 Å². The van der Waals surface area contributed by atoms with Gasteiger partial charge in [0.25, 0.3) is 0 Å². The maximum atomic E-state index is 6.09. The van der Waals surface area contributed by atoms with Crippen LogP contribution in [0.15, 0.2) is 6.07 Å². The molecule has 1 heterocycles. The first-order valence-corrected chi connectivity index (χ1v) is 6.47. The van der Waals surface area contributed by atoms with E-state index >= 15 is 0 Å². The molecule has 1 aromatic rings. The van der Waals surface area contributed by atoms with E-state index in [0.717, 1.165) is 0 Å². The van der Waals surface area contributed by atoms with E-state index in [1.54, 1.807) is 4.88 Å². The second-order valence-corrected chi connectivity index (χ2v) is 5.61. The van der Waals surface area contributed by atoms with E-state index < -0.39 is 0 Å². The van der Waals surface area contributed by atoms with E-state index in [-0.39, 0.29) is 12.1 Å². The van der Waals surface area contributed by atoms with E-state index in [0.29, 0.717) is 6.61 Å². The molecule has 1 aromatic heterocycles. The molecule has 1 unspecified atom stereocenters. The summed E-state index contributed by atoms with van der Waals surface area (Å²) in [6.45, 7) is 4.72. The fraction of sp³-hybridized carbons (Fsp3) is 0.667. The summed E-state index contributed by atoms with van der Waals surface area (Å²) in [5, 5.41) is 0. The van der Waals surface area contributed by atoms with Crippen molar-refractivity contribution in [3.05, 3.63) is 21.4 Å². The molecule has 0 bridgehead atoms. The van der Waals surface area contributed by atoms with Gasteiger partial charge in [-0.1, -0.05) is 0 Å². The molecular formula is C12H19NOS. The fourth-order valence-corrected chi connectivity index (χ4v) is 3.16. The molecule has 1 aliphatic carbocycles. The highest BCUT2D eigenvalue weighted by molar-refractivity contribution is 7.12. The molecule has 0 aromatic carbocycles. The van der Waals surface area contributed by atoms with Crippen LogP contribution in [-0.4, -0.2) is 12.7 Å². The topological polar surface area (TPSA) is 35.2 Å². The largest absolute Gasteiger partial charge is 0.377 e. The summed E-state index contributed by atoms with van der Waals surface area (Å²) in [6, 6.07) is 2.34. The maximum Gasteiger partial charge on any atom is 0.0670 e. The van der Waals surface area contributed by atoms with Gasteiger partial charge < -0.3 is 10.5 Å². The molecule has 0 saturated carbocycles. The summed E-state index contributed by atoms with van der Waals surface area (Å²) in [7, 11) is 0. The molecule has 2 nitrogen and oxygen atoms in total. The highest BCUT2D eigenvalue weighted by Gasteiger charge is 2.18. The van der Waals surface area contributed by atoms with E-state index in [1.165, 1.54) is 29.7 Å². The predicted octanol–water partition coefficient (Wildman–Crippen LogP) is 2.66. The highest BCUT2D eigenvalue weighted by Crippen LogP contribution is 2.33. The van der Waals surface area contributed by atoms with E-state index in [4.69, 9.17) is 10.5 Å². The number of hydrogen-bond donors (Lipinski definition) is 1. The van der Waals surface area contributed by atoms with Crippen LogP contribution in [-0.2, 0) is 17.6 Å². The second-order valence-electron chi connectivity index (χ2n) is 4.44. The van der Waals surface area contributed by atoms with Crippen LogP contribution in [0.5, 0.6) is 0 Å². The van der Waals surface area contributed by atoms with Crippen LogP contribution < -0.4 is 5.73 Å². The summed E-state index contributed by atoms with van der Waals surface area (Å²) in [5.41, 5.74) is 7.61. The third-order valence-corrected chi connectivity index (χ3v) is 4.11. The van der Waals surface area contributed by atoms with Crippen molar-refractivity contribution in [2.45, 2.75) is 45.3 Å². The average molecular weight is 225 g/mol. The van der Waals surface area contributed by atoms with Gasteiger partial charge in [-0.05, 0) is 44.7 Å². The number of aryl methyl sites for hydroxylation is 2. The van der Waals surface area contributed by atoms with Crippen molar-refractivity contribution in [1.82, 2.24) is 0 Å². The fourth-order valence-electron chi connectivity index (χ4n) is 1.91. The van der Waals surface area contributed by atoms with Crippen molar-refractivity contribution >= 4 is 11.3 Å². The third kappa shape index (κ3) is 2.60. The Bertz CT molecular complexity index is 311. The molecule has 0 spiro atoms. The Morgan fingerprint density at radius 1 is 1.47 bits per heavy atom. The van der Waals surface area contributed by atoms with Crippen LogP contribution in [0, 0.1) is 0 Å². The summed E-state index contributed by atoms with van der Waals surface area (Å²) in [6.07, 6.45) is 4.07. The first-order chi connectivity index (χ1) is 7.16. The zero-order valence-corrected chi connectivity index (χ0v) is 10.3. The van der Waals surface area contributed by atoms with Gasteiger partial charge in [-0.15, -0.1) is 11.3 Å². The molecule has 2 rings (SSSR count). The van der Waals surface area contributed by atoms with Gasteiger partial charge in [0, 0.05) is 9.75 Å². The lowest BCUT2D eigenvalue weighted by molar-refractivity contribution is 0.0688. The van der Waals surface area contributed by atoms with Crippen molar-refractivity contribution in [2.24, 2.45) is 5.73 Å². The van der Waals surface area contributed by atoms with E-state index in [1.807, 2.05) is 25.2 Å². The summed E-state index contributed by atoms with van der Waals surface area (Å²) in [4.78, 5) is 2.84. The van der Waals surface area contributed by atoms with Crippen molar-refractivity contribution in [1.29, 1.82) is 0 Å². The second kappa shape index (κ2) is 4.64. The molecule has 0 fully saturated rings. The van der Waals surface area contributed by atoms with Gasteiger partial charge in [0.05, 0.1) is 18.8 Å². The maximum absolute atomic E-state index is 6.09. The van der Waals surface area contributed by atoms with E-state index in [9.17, 15) is 0 Å². The number of fused-ring (bicyclic) bond motifs is 1. The lowest BCUT2D eigenvalue weighted by Gasteiger charge is -2.12. The number of nitrogens with two attached hydrogens (primary N) is 1. The van der Waals surface area contributed by atoms with Crippen molar-refractivity contribution < 1.29 is 4.74 Å². The molecule has 2 N–H and O–H groups in total. The lowest BCUT2D eigenvalue weighted by atomic mass is 10.2. The number of hydrogen-bond acceptors (Lipinski definition) is 3. The highest BCUT2D eigenvalue weighted by atomic mass is 32.1. The van der Waals surface area contributed by atoms with Crippen molar-refractivity contribution in [3.8, 4) is 0 Å². The lowest BCUT2D eigenvalue weighted by Crippen LogP contribution is -2.18. The minimum Gasteiger partial charge on any atom is -0.377 e. The monoisotopic (exact) mass is 225 g/mol. The first kappa shape index (κ1) is 11.1. The minimum absolute atomic E-state index is 0.0583. The molecular weight excluding hydrogens is 206 g/mol. The number of rotatable bonds is 4. The molecule has 0 saturated heterocycles. The Morgan fingerprint density at radius 3 is 2.93 bits per heavy atom. The van der Waals surface area contributed by atoms with Gasteiger partial charge in [-0.25, -0.2) is 0 Å². The molecule has 1 atom stereocenters. The Morgan fingerprint density at radius 2 is 2.27 bits per heavy atom. The average Bonchev–Trinajstić information content (AvgIpc) is 2.72. The molecule has 0 amide bonds. The Kier molecular flexibility index (Phi) is 3.44. The number of ether oxygens (including phenoxy) is 1. The van der Waals surface area contributed by atoms with Gasteiger partial charge in [0.2, 0.25) is 0 Å². The Balaban J connectivity index is 1.97. The van der Waals surface area contributed by atoms with Crippen molar-refractivity contribution in [2.75, 3.05) is 6.61 Å². The third-order valence-electron chi connectivity index (χ3n) is 2.74. The van der Waals surface area contributed by atoms with Crippen LogP contribution in [0.25, 0.3) is 0 Å². The Labute approximate surface area is 95.4 Å². The normalized spacial score (nSPS) is 17.1. The predicted molar refractivity (Wildman–Crippen MR) is 64.4 cm³/mol. The molecule has 0 aliphatic heterocycles. The SMILES string of the molecule is CC(C)OCC(N)c1cc2c(s1)CCC2. The summed E-state index contributed by atoms with van der Waals surface area (Å²) in [5.74, 6) is 0. The molecule has 84 valence electrons. The van der Waals surface area contributed by atoms with Crippen LogP contribution >= 0.6 is 11.3 Å². The molecule has 0 radical (unpaired) electrons. The number of thiophene rings is 1. The van der Waals surface area contributed by atoms with Gasteiger partial charge in [0.1, 0.15) is 0 Å². The zero-order chi connectivity index (χ0) is 10.8. The Hall–Kier alpha value is -0.380. The van der Waals surface area contributed by atoms with Crippen molar-refractivity contribution in [3.63, 3.8) is 0 Å². The summed E-state index contributed by atoms with van der Waals surface area (Å²) >= 11 is 1.88. The molecule has 15 heavy (non-hydrogen) atoms. The standard InChI is InChI=1S/C12H19NOS/c1-8(2)14-7-10(13)12-6-9-4-3-5-11(9)15-12/h6,8,10H,3-5,7,13H2,1-2H3. The molecule has 1 aliphatic rings. The smallest absolute Gasteiger partial charge is 0.0670 e. The van der Waals surface area contributed by atoms with Crippen LogP contribution in [0.3, 0.4) is 0 Å². The molecule has 3 heteroatoms. The van der Waals surface area contributed by atoms with Crippen LogP contribution in [0.4, 0.5) is 0 Å². The van der Waals surface area contributed by atoms with Gasteiger partial charge >= 0.3 is 0 Å². The summed E-state index contributed by atoms with van der Waals surface area (Å²) < 4.78 is 5.54. The van der Waals surface area contributed by atoms with Gasteiger partial charge in [-0.3, -0.25) is 0 Å². The van der Waals surface area contributed by atoms with E-state index in [2.05, 4.69) is 6.07 Å². The minimum atomic E-state index is 0.0583. The van der Waals surface area contributed by atoms with Gasteiger partial charge in [0.15, 0.2) is 0 Å². The first-order valence-electron chi connectivity index (χ1n) is 5.65.